The highest BCUT2D eigenvalue weighted by molar-refractivity contribution is 5.98. The van der Waals surface area contributed by atoms with Gasteiger partial charge in [-0.2, -0.15) is 0 Å². The summed E-state index contributed by atoms with van der Waals surface area (Å²) < 4.78 is 6.21. The van der Waals surface area contributed by atoms with E-state index < -0.39 is 17.2 Å². The third kappa shape index (κ3) is 5.13. The van der Waals surface area contributed by atoms with Crippen LogP contribution in [0.3, 0.4) is 0 Å². The van der Waals surface area contributed by atoms with Gasteiger partial charge in [0.25, 0.3) is 5.91 Å². The van der Waals surface area contributed by atoms with E-state index in [1.165, 1.54) is 0 Å². The molecule has 1 spiro atoms. The lowest BCUT2D eigenvalue weighted by atomic mass is 9.91. The van der Waals surface area contributed by atoms with Gasteiger partial charge in [0.05, 0.1) is 6.61 Å². The summed E-state index contributed by atoms with van der Waals surface area (Å²) in [6, 6.07) is 8.30. The number of likely N-dealkylation sites (N-methyl/N-ethyl adjacent to an activating group) is 1. The number of carbonyl (C=O) groups excluding carboxylic acids is 3. The third-order valence-electron chi connectivity index (χ3n) is 6.13. The highest BCUT2D eigenvalue weighted by atomic mass is 16.5. The van der Waals surface area contributed by atoms with Gasteiger partial charge in [0.2, 0.25) is 11.8 Å². The van der Waals surface area contributed by atoms with E-state index in [1.54, 1.807) is 17.0 Å². The summed E-state index contributed by atoms with van der Waals surface area (Å²) in [6.07, 6.45) is 0.962. The highest BCUT2D eigenvalue weighted by Crippen LogP contribution is 2.39. The summed E-state index contributed by atoms with van der Waals surface area (Å²) in [5.74, 6) is -0.336. The Morgan fingerprint density at radius 3 is 2.31 bits per heavy atom. The van der Waals surface area contributed by atoms with Crippen molar-refractivity contribution in [3.8, 4) is 0 Å². The number of benzene rings is 1. The molecule has 2 heterocycles. The molecule has 2 saturated heterocycles. The number of hydrogen-bond acceptors (Lipinski definition) is 5. The van der Waals surface area contributed by atoms with Gasteiger partial charge in [0.15, 0.2) is 0 Å². The van der Waals surface area contributed by atoms with Crippen LogP contribution >= 0.6 is 0 Å². The number of nitrogens with zero attached hydrogens (tertiary/aromatic N) is 3. The standard InChI is InChI=1S/C24H36N4O4/c1-23(2,3)22(31)27-14-11-24(12-15-27)28(21(30)18-9-7-6-8-10-18)19(17-32-24)20(29)25-13-16-26(4)5/h6-10,19H,11-17H2,1-5H3,(H,25,29). The van der Waals surface area contributed by atoms with Crippen LogP contribution in [0.4, 0.5) is 0 Å². The maximum atomic E-state index is 13.6. The smallest absolute Gasteiger partial charge is 0.256 e. The molecule has 2 aliphatic rings. The second kappa shape index (κ2) is 9.58. The van der Waals surface area contributed by atoms with Crippen LogP contribution in [0.2, 0.25) is 0 Å². The van der Waals surface area contributed by atoms with Gasteiger partial charge in [-0.25, -0.2) is 0 Å². The van der Waals surface area contributed by atoms with Gasteiger partial charge in [-0.3, -0.25) is 19.3 Å². The largest absolute Gasteiger partial charge is 0.353 e. The van der Waals surface area contributed by atoms with Crippen molar-refractivity contribution in [3.05, 3.63) is 35.9 Å². The van der Waals surface area contributed by atoms with Crippen LogP contribution in [0.15, 0.2) is 30.3 Å². The van der Waals surface area contributed by atoms with Crippen molar-refractivity contribution in [1.29, 1.82) is 0 Å². The Bertz CT molecular complexity index is 826. The normalized spacial score (nSPS) is 20.6. The zero-order valence-electron chi connectivity index (χ0n) is 19.9. The molecule has 2 fully saturated rings. The van der Waals surface area contributed by atoms with Crippen molar-refractivity contribution in [2.45, 2.75) is 45.4 Å². The molecule has 0 aromatic heterocycles. The van der Waals surface area contributed by atoms with E-state index in [2.05, 4.69) is 5.32 Å². The van der Waals surface area contributed by atoms with Crippen molar-refractivity contribution in [2.24, 2.45) is 5.41 Å². The molecule has 0 aliphatic carbocycles. The molecule has 1 aromatic rings. The highest BCUT2D eigenvalue weighted by Gasteiger charge is 2.54. The Balaban J connectivity index is 1.81. The molecule has 8 heteroatoms. The summed E-state index contributed by atoms with van der Waals surface area (Å²) in [6.45, 7) is 8.06. The molecule has 3 rings (SSSR count). The first kappa shape index (κ1) is 24.2. The fraction of sp³-hybridized carbons (Fsp3) is 0.625. The molecule has 1 atom stereocenters. The molecule has 176 valence electrons. The molecule has 0 radical (unpaired) electrons. The lowest BCUT2D eigenvalue weighted by molar-refractivity contribution is -0.150. The zero-order valence-corrected chi connectivity index (χ0v) is 19.9. The van der Waals surface area contributed by atoms with Gasteiger partial charge in [0.1, 0.15) is 11.8 Å². The summed E-state index contributed by atoms with van der Waals surface area (Å²) in [4.78, 5) is 44.8. The average Bonchev–Trinajstić information content (AvgIpc) is 3.11. The monoisotopic (exact) mass is 444 g/mol. The van der Waals surface area contributed by atoms with E-state index in [-0.39, 0.29) is 24.3 Å². The fourth-order valence-electron chi connectivity index (χ4n) is 4.34. The minimum atomic E-state index is -0.884. The second-order valence-corrected chi connectivity index (χ2v) is 9.95. The van der Waals surface area contributed by atoms with Crippen LogP contribution < -0.4 is 5.32 Å². The number of hydrogen-bond donors (Lipinski definition) is 1. The predicted molar refractivity (Wildman–Crippen MR) is 122 cm³/mol. The minimum Gasteiger partial charge on any atom is -0.353 e. The van der Waals surface area contributed by atoms with Crippen LogP contribution in [0.25, 0.3) is 0 Å². The van der Waals surface area contributed by atoms with E-state index in [0.29, 0.717) is 44.6 Å². The van der Waals surface area contributed by atoms with Crippen molar-refractivity contribution in [3.63, 3.8) is 0 Å². The van der Waals surface area contributed by atoms with E-state index >= 15 is 0 Å². The number of amides is 3. The molecule has 2 aliphatic heterocycles. The number of piperidine rings is 1. The molecule has 1 unspecified atom stereocenters. The van der Waals surface area contributed by atoms with Crippen LogP contribution in [0.1, 0.15) is 44.0 Å². The number of carbonyl (C=O) groups is 3. The van der Waals surface area contributed by atoms with E-state index in [4.69, 9.17) is 4.74 Å². The number of likely N-dealkylation sites (tertiary alicyclic amines) is 1. The van der Waals surface area contributed by atoms with E-state index in [9.17, 15) is 14.4 Å². The fourth-order valence-corrected chi connectivity index (χ4v) is 4.34. The molecule has 3 amide bonds. The van der Waals surface area contributed by atoms with Gasteiger partial charge in [0, 0.05) is 50.0 Å². The molecule has 1 aromatic carbocycles. The number of ether oxygens (including phenoxy) is 1. The lowest BCUT2D eigenvalue weighted by Gasteiger charge is -2.45. The zero-order chi connectivity index (χ0) is 23.5. The average molecular weight is 445 g/mol. The Hall–Kier alpha value is -2.45. The molecule has 1 N–H and O–H groups in total. The first-order valence-corrected chi connectivity index (χ1v) is 11.3. The summed E-state index contributed by atoms with van der Waals surface area (Å²) >= 11 is 0. The Kier molecular flexibility index (Phi) is 7.25. The van der Waals surface area contributed by atoms with Crippen molar-refractivity contribution in [1.82, 2.24) is 20.0 Å². The van der Waals surface area contributed by atoms with Crippen LogP contribution in [0, 0.1) is 5.41 Å². The molecule has 8 nitrogen and oxygen atoms in total. The molecule has 0 bridgehead atoms. The Morgan fingerprint density at radius 1 is 1.12 bits per heavy atom. The summed E-state index contributed by atoms with van der Waals surface area (Å²) in [5.41, 5.74) is -0.822. The number of nitrogens with one attached hydrogen (secondary N) is 1. The Labute approximate surface area is 190 Å². The van der Waals surface area contributed by atoms with Crippen molar-refractivity contribution < 1.29 is 19.1 Å². The van der Waals surface area contributed by atoms with Crippen LogP contribution in [0.5, 0.6) is 0 Å². The molecular formula is C24H36N4O4. The maximum absolute atomic E-state index is 13.6. The van der Waals surface area contributed by atoms with Crippen molar-refractivity contribution >= 4 is 17.7 Å². The van der Waals surface area contributed by atoms with Gasteiger partial charge in [-0.1, -0.05) is 39.0 Å². The first-order chi connectivity index (χ1) is 15.0. The third-order valence-corrected chi connectivity index (χ3v) is 6.13. The molecule has 0 saturated carbocycles. The maximum Gasteiger partial charge on any atom is 0.256 e. The quantitative estimate of drug-likeness (QED) is 0.746. The molecular weight excluding hydrogens is 408 g/mol. The summed E-state index contributed by atoms with van der Waals surface area (Å²) in [7, 11) is 3.88. The van der Waals surface area contributed by atoms with Gasteiger partial charge < -0.3 is 19.9 Å². The second-order valence-electron chi connectivity index (χ2n) is 9.95. The van der Waals surface area contributed by atoms with E-state index in [1.807, 2.05) is 62.9 Å². The van der Waals surface area contributed by atoms with Gasteiger partial charge in [-0.05, 0) is 26.2 Å². The predicted octanol–water partition coefficient (Wildman–Crippen LogP) is 1.57. The van der Waals surface area contributed by atoms with Gasteiger partial charge >= 0.3 is 0 Å². The topological polar surface area (TPSA) is 82.2 Å². The summed E-state index contributed by atoms with van der Waals surface area (Å²) in [5, 5.41) is 2.94. The van der Waals surface area contributed by atoms with Gasteiger partial charge in [-0.15, -0.1) is 0 Å². The van der Waals surface area contributed by atoms with Crippen LogP contribution in [-0.4, -0.2) is 91.1 Å². The van der Waals surface area contributed by atoms with Crippen molar-refractivity contribution in [2.75, 3.05) is 46.9 Å². The molecule has 32 heavy (non-hydrogen) atoms. The SMILES string of the molecule is CN(C)CCNC(=O)C1COC2(CCN(C(=O)C(C)(C)C)CC2)N1C(=O)c1ccccc1. The lowest BCUT2D eigenvalue weighted by Crippen LogP contribution is -2.60. The number of rotatable bonds is 5. The minimum absolute atomic E-state index is 0.0873. The van der Waals surface area contributed by atoms with E-state index in [0.717, 1.165) is 0 Å². The first-order valence-electron chi connectivity index (χ1n) is 11.3. The van der Waals surface area contributed by atoms with Crippen LogP contribution in [-0.2, 0) is 14.3 Å². The Morgan fingerprint density at radius 2 is 1.75 bits per heavy atom.